The fourth-order valence-electron chi connectivity index (χ4n) is 2.47. The minimum absolute atomic E-state index is 0.163. The normalized spacial score (nSPS) is 16.2. The summed E-state index contributed by atoms with van der Waals surface area (Å²) in [6.45, 7) is 11.6. The van der Waals surface area contributed by atoms with E-state index in [2.05, 4.69) is 59.5 Å². The van der Waals surface area contributed by atoms with E-state index < -0.39 is 0 Å². The molecule has 22 heavy (non-hydrogen) atoms. The molecule has 6 heteroatoms. The van der Waals surface area contributed by atoms with E-state index in [1.54, 1.807) is 0 Å². The van der Waals surface area contributed by atoms with Gasteiger partial charge in [0.05, 0.1) is 15.0 Å². The van der Waals surface area contributed by atoms with Crippen molar-refractivity contribution in [3.8, 4) is 5.75 Å². The van der Waals surface area contributed by atoms with Crippen LogP contribution in [0.3, 0.4) is 0 Å². The van der Waals surface area contributed by atoms with Gasteiger partial charge in [-0.25, -0.2) is 0 Å². The summed E-state index contributed by atoms with van der Waals surface area (Å²) in [6, 6.07) is 4.25. The maximum absolute atomic E-state index is 5.81. The summed E-state index contributed by atoms with van der Waals surface area (Å²) in [5, 5.41) is 6.90. The van der Waals surface area contributed by atoms with Gasteiger partial charge in [0.15, 0.2) is 0 Å². The van der Waals surface area contributed by atoms with Crippen molar-refractivity contribution in [2.24, 2.45) is 0 Å². The summed E-state index contributed by atoms with van der Waals surface area (Å²) >= 11 is 7.20. The molecule has 0 aliphatic carbocycles. The van der Waals surface area contributed by atoms with Crippen LogP contribution in [0.15, 0.2) is 21.1 Å². The zero-order valence-corrected chi connectivity index (χ0v) is 16.5. The van der Waals surface area contributed by atoms with Crippen molar-refractivity contribution in [1.29, 1.82) is 0 Å². The van der Waals surface area contributed by atoms with Gasteiger partial charge in [0.1, 0.15) is 5.75 Å². The van der Waals surface area contributed by atoms with E-state index in [9.17, 15) is 0 Å². The maximum atomic E-state index is 5.81. The Morgan fingerprint density at radius 1 is 1.23 bits per heavy atom. The highest BCUT2D eigenvalue weighted by atomic mass is 79.9. The number of halogens is 2. The first-order chi connectivity index (χ1) is 10.6. The second-order valence-corrected chi connectivity index (χ2v) is 7.53. The van der Waals surface area contributed by atoms with E-state index in [0.717, 1.165) is 60.5 Å². The van der Waals surface area contributed by atoms with Gasteiger partial charge >= 0.3 is 0 Å². The van der Waals surface area contributed by atoms with Crippen molar-refractivity contribution >= 4 is 31.9 Å². The average molecular weight is 435 g/mol. The average Bonchev–Trinajstić information content (AvgIpc) is 2.48. The van der Waals surface area contributed by atoms with Gasteiger partial charge in [-0.3, -0.25) is 4.90 Å². The minimum atomic E-state index is 0.163. The predicted molar refractivity (Wildman–Crippen MR) is 98.6 cm³/mol. The van der Waals surface area contributed by atoms with Crippen molar-refractivity contribution in [2.45, 2.75) is 26.5 Å². The zero-order chi connectivity index (χ0) is 15.9. The van der Waals surface area contributed by atoms with Crippen molar-refractivity contribution in [3.63, 3.8) is 0 Å². The topological polar surface area (TPSA) is 36.5 Å². The zero-order valence-electron chi connectivity index (χ0n) is 13.3. The van der Waals surface area contributed by atoms with E-state index in [1.165, 1.54) is 5.56 Å². The van der Waals surface area contributed by atoms with Crippen LogP contribution in [0, 0.1) is 0 Å². The van der Waals surface area contributed by atoms with Gasteiger partial charge < -0.3 is 15.4 Å². The Morgan fingerprint density at radius 3 is 2.45 bits per heavy atom. The summed E-state index contributed by atoms with van der Waals surface area (Å²) in [6.07, 6.45) is 0.163. The molecule has 1 aromatic rings. The van der Waals surface area contributed by atoms with Gasteiger partial charge in [0, 0.05) is 45.8 Å². The predicted octanol–water partition coefficient (Wildman–Crippen LogP) is 2.99. The molecule has 2 rings (SSSR count). The van der Waals surface area contributed by atoms with Gasteiger partial charge in [-0.15, -0.1) is 0 Å². The third-order valence-corrected chi connectivity index (χ3v) is 4.73. The summed E-state index contributed by atoms with van der Waals surface area (Å²) in [5.41, 5.74) is 1.25. The fourth-order valence-corrected chi connectivity index (χ4v) is 3.94. The summed E-state index contributed by atoms with van der Waals surface area (Å²) in [5.74, 6) is 0.875. The molecule has 2 N–H and O–H groups in total. The van der Waals surface area contributed by atoms with Crippen LogP contribution in [-0.2, 0) is 6.54 Å². The number of nitrogens with one attached hydrogen (secondary N) is 2. The number of nitrogens with zero attached hydrogens (tertiary/aromatic N) is 1. The number of benzene rings is 1. The van der Waals surface area contributed by atoms with Gasteiger partial charge in [0.25, 0.3) is 0 Å². The molecule has 0 bridgehead atoms. The Labute approximate surface area is 150 Å². The smallest absolute Gasteiger partial charge is 0.148 e. The molecule has 1 heterocycles. The highest BCUT2D eigenvalue weighted by Gasteiger charge is 2.11. The Bertz CT molecular complexity index is 453. The maximum Gasteiger partial charge on any atom is 0.148 e. The van der Waals surface area contributed by atoms with Crippen LogP contribution in [0.25, 0.3) is 0 Å². The van der Waals surface area contributed by atoms with Crippen molar-refractivity contribution in [2.75, 3.05) is 39.3 Å². The molecule has 0 unspecified atom stereocenters. The molecular formula is C16H25Br2N3O. The van der Waals surface area contributed by atoms with E-state index in [1.807, 2.05) is 13.8 Å². The standard InChI is InChI=1S/C16H25Br2N3O/c1-12(2)22-16-14(17)9-13(10-15(16)18)11-20-5-8-21-6-3-19-4-7-21/h9-10,12,19-20H,3-8,11H2,1-2H3. The minimum Gasteiger partial charge on any atom is -0.489 e. The Morgan fingerprint density at radius 2 is 1.86 bits per heavy atom. The van der Waals surface area contributed by atoms with Crippen molar-refractivity contribution in [3.05, 3.63) is 26.6 Å². The molecule has 1 fully saturated rings. The number of rotatable bonds is 7. The monoisotopic (exact) mass is 433 g/mol. The van der Waals surface area contributed by atoms with Crippen molar-refractivity contribution in [1.82, 2.24) is 15.5 Å². The first kappa shape index (κ1) is 18.2. The lowest BCUT2D eigenvalue weighted by atomic mass is 10.2. The molecule has 0 amide bonds. The first-order valence-electron chi connectivity index (χ1n) is 7.84. The number of piperazine rings is 1. The third kappa shape index (κ3) is 5.81. The van der Waals surface area contributed by atoms with E-state index in [0.29, 0.717) is 0 Å². The molecule has 0 radical (unpaired) electrons. The lowest BCUT2D eigenvalue weighted by molar-refractivity contribution is 0.239. The second kappa shape index (κ2) is 9.23. The summed E-state index contributed by atoms with van der Waals surface area (Å²) in [4.78, 5) is 2.49. The number of hydrogen-bond donors (Lipinski definition) is 2. The molecule has 1 aliphatic rings. The molecule has 0 aromatic heterocycles. The molecule has 1 saturated heterocycles. The Hall–Kier alpha value is -0.140. The third-order valence-electron chi connectivity index (χ3n) is 3.56. The largest absolute Gasteiger partial charge is 0.489 e. The Balaban J connectivity index is 1.80. The fraction of sp³-hybridized carbons (Fsp3) is 0.625. The van der Waals surface area contributed by atoms with Crippen LogP contribution >= 0.6 is 31.9 Å². The summed E-state index contributed by atoms with van der Waals surface area (Å²) < 4.78 is 7.80. The summed E-state index contributed by atoms with van der Waals surface area (Å²) in [7, 11) is 0. The SMILES string of the molecule is CC(C)Oc1c(Br)cc(CNCCN2CCNCC2)cc1Br. The van der Waals surface area contributed by atoms with E-state index in [4.69, 9.17) is 4.74 Å². The van der Waals surface area contributed by atoms with Crippen LogP contribution in [0.2, 0.25) is 0 Å². The van der Waals surface area contributed by atoms with E-state index >= 15 is 0 Å². The molecule has 0 atom stereocenters. The second-order valence-electron chi connectivity index (χ2n) is 5.82. The van der Waals surface area contributed by atoms with Gasteiger partial charge in [0.2, 0.25) is 0 Å². The molecule has 4 nitrogen and oxygen atoms in total. The quantitative estimate of drug-likeness (QED) is 0.646. The first-order valence-corrected chi connectivity index (χ1v) is 9.43. The van der Waals surface area contributed by atoms with E-state index in [-0.39, 0.29) is 6.10 Å². The highest BCUT2D eigenvalue weighted by molar-refractivity contribution is 9.11. The van der Waals surface area contributed by atoms with Crippen LogP contribution in [0.4, 0.5) is 0 Å². The lowest BCUT2D eigenvalue weighted by Gasteiger charge is -2.27. The molecule has 0 saturated carbocycles. The van der Waals surface area contributed by atoms with Gasteiger partial charge in [-0.1, -0.05) is 0 Å². The number of ether oxygens (including phenoxy) is 1. The van der Waals surface area contributed by atoms with Crippen LogP contribution < -0.4 is 15.4 Å². The van der Waals surface area contributed by atoms with Crippen LogP contribution in [-0.4, -0.2) is 50.3 Å². The lowest BCUT2D eigenvalue weighted by Crippen LogP contribution is -2.45. The van der Waals surface area contributed by atoms with Crippen LogP contribution in [0.5, 0.6) is 5.75 Å². The number of hydrogen-bond acceptors (Lipinski definition) is 4. The molecule has 0 spiro atoms. The molecule has 1 aromatic carbocycles. The molecule has 124 valence electrons. The highest BCUT2D eigenvalue weighted by Crippen LogP contribution is 2.35. The van der Waals surface area contributed by atoms with Crippen molar-refractivity contribution < 1.29 is 4.74 Å². The molecular weight excluding hydrogens is 410 g/mol. The molecule has 1 aliphatic heterocycles. The Kier molecular flexibility index (Phi) is 7.63. The van der Waals surface area contributed by atoms with Gasteiger partial charge in [-0.2, -0.15) is 0 Å². The van der Waals surface area contributed by atoms with Crippen LogP contribution in [0.1, 0.15) is 19.4 Å². The van der Waals surface area contributed by atoms with Gasteiger partial charge in [-0.05, 0) is 63.4 Å².